The van der Waals surface area contributed by atoms with Gasteiger partial charge in [0.15, 0.2) is 17.5 Å². The molecular formula is C59H43N3. The summed E-state index contributed by atoms with van der Waals surface area (Å²) in [6.45, 7) is 4.26. The molecule has 3 heteroatoms. The van der Waals surface area contributed by atoms with Gasteiger partial charge in [0.05, 0.1) is 0 Å². The Labute approximate surface area is 363 Å². The Morgan fingerprint density at radius 3 is 0.694 bits per heavy atom. The molecule has 3 nitrogen and oxygen atoms in total. The van der Waals surface area contributed by atoms with Crippen molar-refractivity contribution in [2.75, 3.05) is 0 Å². The van der Waals surface area contributed by atoms with Crippen LogP contribution < -0.4 is 0 Å². The van der Waals surface area contributed by atoms with Crippen LogP contribution in [0.25, 0.3) is 101 Å². The Hall–Kier alpha value is -8.01. The molecule has 0 fully saturated rings. The van der Waals surface area contributed by atoms with Crippen LogP contribution in [0.15, 0.2) is 224 Å². The average Bonchev–Trinajstić information content (AvgIpc) is 3.35. The summed E-state index contributed by atoms with van der Waals surface area (Å²) in [6.07, 6.45) is 0. The van der Waals surface area contributed by atoms with E-state index in [-0.39, 0.29) is 0 Å². The van der Waals surface area contributed by atoms with E-state index in [0.29, 0.717) is 17.5 Å². The Kier molecular flexibility index (Phi) is 10.4. The normalized spacial score (nSPS) is 11.1. The van der Waals surface area contributed by atoms with Crippen LogP contribution in [0.1, 0.15) is 11.1 Å². The van der Waals surface area contributed by atoms with Gasteiger partial charge in [0.1, 0.15) is 0 Å². The maximum atomic E-state index is 5.22. The lowest BCUT2D eigenvalue weighted by Gasteiger charge is -2.16. The number of benzene rings is 9. The molecular weight excluding hydrogens is 751 g/mol. The molecule has 0 atom stereocenters. The van der Waals surface area contributed by atoms with Crippen LogP contribution >= 0.6 is 0 Å². The molecule has 0 N–H and O–H groups in total. The highest BCUT2D eigenvalue weighted by molar-refractivity contribution is 5.88. The fourth-order valence-corrected chi connectivity index (χ4v) is 8.04. The molecule has 10 aromatic rings. The lowest BCUT2D eigenvalue weighted by atomic mass is 9.89. The molecule has 0 bridgehead atoms. The number of rotatable bonds is 9. The van der Waals surface area contributed by atoms with Crippen molar-refractivity contribution < 1.29 is 0 Å². The molecule has 9 aromatic carbocycles. The van der Waals surface area contributed by atoms with E-state index in [1.807, 2.05) is 36.4 Å². The fraction of sp³-hybridized carbons (Fsp3) is 0.0339. The first-order chi connectivity index (χ1) is 30.5. The molecule has 62 heavy (non-hydrogen) atoms. The van der Waals surface area contributed by atoms with Crippen molar-refractivity contribution >= 4 is 0 Å². The van der Waals surface area contributed by atoms with Crippen LogP contribution in [0.3, 0.4) is 0 Å². The largest absolute Gasteiger partial charge is 0.208 e. The first-order valence-electron chi connectivity index (χ1n) is 21.1. The molecule has 10 rings (SSSR count). The van der Waals surface area contributed by atoms with Gasteiger partial charge >= 0.3 is 0 Å². The average molecular weight is 794 g/mol. The lowest BCUT2D eigenvalue weighted by molar-refractivity contribution is 1.07. The van der Waals surface area contributed by atoms with Crippen LogP contribution in [0.2, 0.25) is 0 Å². The number of hydrogen-bond donors (Lipinski definition) is 0. The monoisotopic (exact) mass is 793 g/mol. The van der Waals surface area contributed by atoms with Gasteiger partial charge in [-0.2, -0.15) is 0 Å². The predicted octanol–water partition coefficient (Wildman–Crippen LogP) is 15.5. The third-order valence-corrected chi connectivity index (χ3v) is 11.4. The molecule has 0 aliphatic heterocycles. The Balaban J connectivity index is 1.24. The van der Waals surface area contributed by atoms with Crippen molar-refractivity contribution in [1.82, 2.24) is 15.0 Å². The van der Waals surface area contributed by atoms with Crippen molar-refractivity contribution in [3.05, 3.63) is 236 Å². The SMILES string of the molecule is Cc1ccc(-c2cc(-c3ccccc3)cc(-c3cc(-c4cc(-c5ccccc5)cc(-c5ccc(C)cc5)c4)cc(-c4nc(-c5ccccc5)nc(-c5ccccc5)n4)c3)c2)cc1. The zero-order chi connectivity index (χ0) is 41.8. The van der Waals surface area contributed by atoms with E-state index < -0.39 is 0 Å². The van der Waals surface area contributed by atoms with E-state index in [2.05, 4.69) is 202 Å². The molecule has 0 aliphatic carbocycles. The van der Waals surface area contributed by atoms with Crippen molar-refractivity contribution in [2.24, 2.45) is 0 Å². The Bertz CT molecular complexity index is 2930. The second-order valence-corrected chi connectivity index (χ2v) is 15.9. The van der Waals surface area contributed by atoms with Crippen LogP contribution in [0.4, 0.5) is 0 Å². The van der Waals surface area contributed by atoms with Crippen LogP contribution in [0, 0.1) is 13.8 Å². The third kappa shape index (κ3) is 8.25. The maximum Gasteiger partial charge on any atom is 0.164 e. The third-order valence-electron chi connectivity index (χ3n) is 11.4. The molecule has 1 aromatic heterocycles. The zero-order valence-electron chi connectivity index (χ0n) is 34.7. The van der Waals surface area contributed by atoms with E-state index in [4.69, 9.17) is 15.0 Å². The summed E-state index contributed by atoms with van der Waals surface area (Å²) in [5.74, 6) is 1.86. The minimum Gasteiger partial charge on any atom is -0.208 e. The number of nitrogens with zero attached hydrogens (tertiary/aromatic N) is 3. The van der Waals surface area contributed by atoms with Gasteiger partial charge in [0.25, 0.3) is 0 Å². The zero-order valence-corrected chi connectivity index (χ0v) is 34.7. The standard InChI is InChI=1S/C59H43N3/c1-40-23-27-44(28-24-40)50-31-48(42-15-7-3-8-16-42)33-52(35-50)54-37-55(53-34-49(43-17-9-4-10-18-43)32-51(36-53)45-29-25-41(2)26-30-45)39-56(38-54)59-61-57(46-19-11-5-12-20-46)60-58(62-59)47-21-13-6-14-22-47/h3-39H,1-2H3. The van der Waals surface area contributed by atoms with Gasteiger partial charge in [-0.1, -0.05) is 181 Å². The highest BCUT2D eigenvalue weighted by Crippen LogP contribution is 2.40. The van der Waals surface area contributed by atoms with E-state index in [1.165, 1.54) is 22.3 Å². The summed E-state index contributed by atoms with van der Waals surface area (Å²) in [6, 6.07) is 79.9. The number of hydrogen-bond acceptors (Lipinski definition) is 3. The van der Waals surface area contributed by atoms with Gasteiger partial charge in [0, 0.05) is 16.7 Å². The van der Waals surface area contributed by atoms with Crippen LogP contribution in [-0.2, 0) is 0 Å². The molecule has 0 radical (unpaired) electrons. The summed E-state index contributed by atoms with van der Waals surface area (Å²) < 4.78 is 0. The fourth-order valence-electron chi connectivity index (χ4n) is 8.04. The summed E-state index contributed by atoms with van der Waals surface area (Å²) >= 11 is 0. The van der Waals surface area contributed by atoms with E-state index in [9.17, 15) is 0 Å². The molecule has 1 heterocycles. The molecule has 0 saturated carbocycles. The highest BCUT2D eigenvalue weighted by Gasteiger charge is 2.17. The number of aromatic nitrogens is 3. The van der Waals surface area contributed by atoms with Gasteiger partial charge in [0.2, 0.25) is 0 Å². The Morgan fingerprint density at radius 1 is 0.194 bits per heavy atom. The van der Waals surface area contributed by atoms with Crippen molar-refractivity contribution in [3.8, 4) is 101 Å². The molecule has 0 spiro atoms. The molecule has 0 amide bonds. The first-order valence-corrected chi connectivity index (χ1v) is 21.1. The Morgan fingerprint density at radius 2 is 0.403 bits per heavy atom. The van der Waals surface area contributed by atoms with Gasteiger partial charge in [-0.25, -0.2) is 15.0 Å². The molecule has 294 valence electrons. The maximum absolute atomic E-state index is 5.22. The van der Waals surface area contributed by atoms with E-state index in [1.54, 1.807) is 0 Å². The minimum atomic E-state index is 0.608. The predicted molar refractivity (Wildman–Crippen MR) is 258 cm³/mol. The molecule has 0 unspecified atom stereocenters. The van der Waals surface area contributed by atoms with Gasteiger partial charge in [-0.15, -0.1) is 0 Å². The topological polar surface area (TPSA) is 38.7 Å². The molecule has 0 saturated heterocycles. The lowest BCUT2D eigenvalue weighted by Crippen LogP contribution is -2.00. The smallest absolute Gasteiger partial charge is 0.164 e. The van der Waals surface area contributed by atoms with E-state index in [0.717, 1.165) is 72.3 Å². The second-order valence-electron chi connectivity index (χ2n) is 15.9. The summed E-state index contributed by atoms with van der Waals surface area (Å²) in [7, 11) is 0. The van der Waals surface area contributed by atoms with Crippen LogP contribution in [0.5, 0.6) is 0 Å². The summed E-state index contributed by atoms with van der Waals surface area (Å²) in [5.41, 5.74) is 18.8. The van der Waals surface area contributed by atoms with Gasteiger partial charge < -0.3 is 0 Å². The second kappa shape index (κ2) is 16.9. The summed E-state index contributed by atoms with van der Waals surface area (Å²) in [4.78, 5) is 15.5. The van der Waals surface area contributed by atoms with Crippen molar-refractivity contribution in [3.63, 3.8) is 0 Å². The quantitative estimate of drug-likeness (QED) is 0.146. The van der Waals surface area contributed by atoms with Crippen molar-refractivity contribution in [1.29, 1.82) is 0 Å². The van der Waals surface area contributed by atoms with Gasteiger partial charge in [-0.05, 0) is 135 Å². The van der Waals surface area contributed by atoms with E-state index >= 15 is 0 Å². The van der Waals surface area contributed by atoms with Gasteiger partial charge in [-0.3, -0.25) is 0 Å². The number of aryl methyl sites for hydroxylation is 2. The minimum absolute atomic E-state index is 0.608. The van der Waals surface area contributed by atoms with Crippen molar-refractivity contribution in [2.45, 2.75) is 13.8 Å². The highest BCUT2D eigenvalue weighted by atomic mass is 15.0. The summed E-state index contributed by atoms with van der Waals surface area (Å²) in [5, 5.41) is 0. The molecule has 0 aliphatic rings. The van der Waals surface area contributed by atoms with Crippen LogP contribution in [-0.4, -0.2) is 15.0 Å². The first kappa shape index (κ1) is 38.2.